The van der Waals surface area contributed by atoms with Gasteiger partial charge in [-0.15, -0.1) is 0 Å². The number of aromatic nitrogens is 2. The fourth-order valence-corrected chi connectivity index (χ4v) is 2.22. The molecule has 1 rings (SSSR count). The maximum absolute atomic E-state index is 12.3. The van der Waals surface area contributed by atoms with Crippen molar-refractivity contribution in [2.45, 2.75) is 66.5 Å². The van der Waals surface area contributed by atoms with Gasteiger partial charge in [-0.2, -0.15) is 0 Å². The van der Waals surface area contributed by atoms with Crippen LogP contribution in [0.15, 0.2) is 17.2 Å². The minimum absolute atomic E-state index is 0.0168. The van der Waals surface area contributed by atoms with E-state index in [1.807, 2.05) is 0 Å². The zero-order valence-corrected chi connectivity index (χ0v) is 13.5. The van der Waals surface area contributed by atoms with E-state index in [1.165, 1.54) is 12.8 Å². The molecule has 0 aromatic carbocycles. The topological polar surface area (TPSA) is 46.9 Å². The van der Waals surface area contributed by atoms with Gasteiger partial charge in [0.1, 0.15) is 0 Å². The van der Waals surface area contributed by atoms with Crippen molar-refractivity contribution < 1.29 is 0 Å². The highest BCUT2D eigenvalue weighted by molar-refractivity contribution is 5.31. The molecule has 114 valence electrons. The fourth-order valence-electron chi connectivity index (χ4n) is 2.22. The molecule has 1 heterocycles. The van der Waals surface area contributed by atoms with E-state index in [0.717, 1.165) is 18.9 Å². The SMILES string of the molecule is CC(C)CCCC(C)Nc1nccn(CC(C)C)c1=O. The van der Waals surface area contributed by atoms with Gasteiger partial charge in [-0.25, -0.2) is 4.98 Å². The number of hydrogen-bond acceptors (Lipinski definition) is 3. The van der Waals surface area contributed by atoms with Crippen LogP contribution < -0.4 is 10.9 Å². The second-order valence-corrected chi connectivity index (χ2v) is 6.50. The Morgan fingerprint density at radius 2 is 1.85 bits per heavy atom. The Bertz CT molecular complexity index is 451. The molecule has 4 heteroatoms. The van der Waals surface area contributed by atoms with E-state index in [1.54, 1.807) is 17.0 Å². The molecule has 1 aromatic heterocycles. The molecule has 0 saturated carbocycles. The Balaban J connectivity index is 2.61. The first kappa shape index (κ1) is 16.7. The normalized spacial score (nSPS) is 12.9. The van der Waals surface area contributed by atoms with Crippen molar-refractivity contribution in [2.75, 3.05) is 5.32 Å². The van der Waals surface area contributed by atoms with Crippen molar-refractivity contribution in [1.82, 2.24) is 9.55 Å². The summed E-state index contributed by atoms with van der Waals surface area (Å²) in [7, 11) is 0. The zero-order valence-electron chi connectivity index (χ0n) is 13.5. The van der Waals surface area contributed by atoms with Crippen molar-refractivity contribution in [3.63, 3.8) is 0 Å². The standard InChI is InChI=1S/C16H29N3O/c1-12(2)7-6-8-14(5)18-15-16(20)19(10-9-17-15)11-13(3)4/h9-10,12-14H,6-8,11H2,1-5H3,(H,17,18). The van der Waals surface area contributed by atoms with Crippen LogP contribution in [0.1, 0.15) is 53.9 Å². The molecule has 0 radical (unpaired) electrons. The van der Waals surface area contributed by atoms with Gasteiger partial charge in [-0.3, -0.25) is 4.79 Å². The maximum atomic E-state index is 12.3. The highest BCUT2D eigenvalue weighted by atomic mass is 16.1. The van der Waals surface area contributed by atoms with Crippen LogP contribution in [0.5, 0.6) is 0 Å². The average molecular weight is 279 g/mol. The van der Waals surface area contributed by atoms with E-state index < -0.39 is 0 Å². The lowest BCUT2D eigenvalue weighted by Gasteiger charge is -2.16. The highest BCUT2D eigenvalue weighted by Crippen LogP contribution is 2.10. The number of anilines is 1. The third-order valence-electron chi connectivity index (χ3n) is 3.28. The number of rotatable bonds is 8. The summed E-state index contributed by atoms with van der Waals surface area (Å²) in [6.07, 6.45) is 6.94. The molecular weight excluding hydrogens is 250 g/mol. The Hall–Kier alpha value is -1.32. The molecule has 0 amide bonds. The smallest absolute Gasteiger partial charge is 0.293 e. The summed E-state index contributed by atoms with van der Waals surface area (Å²) >= 11 is 0. The van der Waals surface area contributed by atoms with Crippen LogP contribution in [0, 0.1) is 11.8 Å². The van der Waals surface area contributed by atoms with Crippen molar-refractivity contribution in [3.8, 4) is 0 Å². The summed E-state index contributed by atoms with van der Waals surface area (Å²) in [4.78, 5) is 16.4. The van der Waals surface area contributed by atoms with Gasteiger partial charge in [-0.05, 0) is 25.2 Å². The molecule has 1 atom stereocenters. The molecule has 0 saturated heterocycles. The van der Waals surface area contributed by atoms with Crippen molar-refractivity contribution in [2.24, 2.45) is 11.8 Å². The van der Waals surface area contributed by atoms with E-state index in [-0.39, 0.29) is 11.6 Å². The summed E-state index contributed by atoms with van der Waals surface area (Å²) < 4.78 is 1.74. The molecule has 4 nitrogen and oxygen atoms in total. The van der Waals surface area contributed by atoms with Gasteiger partial charge in [0.15, 0.2) is 5.82 Å². The van der Waals surface area contributed by atoms with Crippen LogP contribution in [-0.4, -0.2) is 15.6 Å². The minimum atomic E-state index is -0.0168. The number of nitrogens with zero attached hydrogens (tertiary/aromatic N) is 2. The first-order valence-electron chi connectivity index (χ1n) is 7.72. The number of nitrogens with one attached hydrogen (secondary N) is 1. The second kappa shape index (κ2) is 8.08. The van der Waals surface area contributed by atoms with Gasteiger partial charge < -0.3 is 9.88 Å². The summed E-state index contributed by atoms with van der Waals surface area (Å²) in [6, 6.07) is 0.281. The zero-order chi connectivity index (χ0) is 15.1. The van der Waals surface area contributed by atoms with Gasteiger partial charge in [-0.1, -0.05) is 40.5 Å². The molecule has 0 aliphatic carbocycles. The van der Waals surface area contributed by atoms with Gasteiger partial charge in [0.25, 0.3) is 5.56 Å². The Kier molecular flexibility index (Phi) is 6.76. The van der Waals surface area contributed by atoms with Gasteiger partial charge in [0.05, 0.1) is 0 Å². The molecule has 0 aliphatic rings. The summed E-state index contributed by atoms with van der Waals surface area (Å²) in [5.74, 6) is 1.66. The molecule has 20 heavy (non-hydrogen) atoms. The lowest BCUT2D eigenvalue weighted by atomic mass is 10.0. The second-order valence-electron chi connectivity index (χ2n) is 6.50. The van der Waals surface area contributed by atoms with E-state index >= 15 is 0 Å². The van der Waals surface area contributed by atoms with E-state index in [4.69, 9.17) is 0 Å². The van der Waals surface area contributed by atoms with Crippen LogP contribution in [0.2, 0.25) is 0 Å². The van der Waals surface area contributed by atoms with Crippen LogP contribution in [-0.2, 0) is 6.54 Å². The lowest BCUT2D eigenvalue weighted by molar-refractivity contribution is 0.506. The molecule has 0 bridgehead atoms. The molecule has 1 aromatic rings. The summed E-state index contributed by atoms with van der Waals surface area (Å²) in [5.41, 5.74) is -0.0168. The minimum Gasteiger partial charge on any atom is -0.363 e. The number of hydrogen-bond donors (Lipinski definition) is 1. The predicted octanol–water partition coefficient (Wildman–Crippen LogP) is 3.53. The molecular formula is C16H29N3O. The van der Waals surface area contributed by atoms with E-state index in [2.05, 4.69) is 44.9 Å². The highest BCUT2D eigenvalue weighted by Gasteiger charge is 2.09. The van der Waals surface area contributed by atoms with E-state index in [9.17, 15) is 4.79 Å². The van der Waals surface area contributed by atoms with Crippen LogP contribution in [0.4, 0.5) is 5.82 Å². The third kappa shape index (κ3) is 5.76. The summed E-state index contributed by atoms with van der Waals surface area (Å²) in [6.45, 7) is 11.5. The Labute approximate surface area is 122 Å². The Morgan fingerprint density at radius 3 is 2.45 bits per heavy atom. The van der Waals surface area contributed by atoms with Gasteiger partial charge in [0.2, 0.25) is 0 Å². The monoisotopic (exact) mass is 279 g/mol. The van der Waals surface area contributed by atoms with Gasteiger partial charge >= 0.3 is 0 Å². The van der Waals surface area contributed by atoms with Crippen molar-refractivity contribution in [3.05, 3.63) is 22.7 Å². The van der Waals surface area contributed by atoms with Gasteiger partial charge in [0, 0.05) is 25.0 Å². The van der Waals surface area contributed by atoms with Crippen LogP contribution in [0.3, 0.4) is 0 Å². The molecule has 0 fully saturated rings. The Morgan fingerprint density at radius 1 is 1.15 bits per heavy atom. The first-order valence-corrected chi connectivity index (χ1v) is 7.72. The molecule has 0 aliphatic heterocycles. The van der Waals surface area contributed by atoms with Crippen molar-refractivity contribution >= 4 is 5.82 Å². The average Bonchev–Trinajstić information content (AvgIpc) is 2.33. The quantitative estimate of drug-likeness (QED) is 0.792. The van der Waals surface area contributed by atoms with Crippen LogP contribution >= 0.6 is 0 Å². The summed E-state index contributed by atoms with van der Waals surface area (Å²) in [5, 5.41) is 3.25. The predicted molar refractivity (Wildman–Crippen MR) is 85.1 cm³/mol. The van der Waals surface area contributed by atoms with Crippen molar-refractivity contribution in [1.29, 1.82) is 0 Å². The molecule has 0 spiro atoms. The maximum Gasteiger partial charge on any atom is 0.293 e. The molecule has 1 N–H and O–H groups in total. The largest absolute Gasteiger partial charge is 0.363 e. The molecule has 1 unspecified atom stereocenters. The fraction of sp³-hybridized carbons (Fsp3) is 0.750. The van der Waals surface area contributed by atoms with Crippen LogP contribution in [0.25, 0.3) is 0 Å². The first-order chi connectivity index (χ1) is 9.40. The third-order valence-corrected chi connectivity index (χ3v) is 3.28. The lowest BCUT2D eigenvalue weighted by Crippen LogP contribution is -2.29. The van der Waals surface area contributed by atoms with E-state index in [0.29, 0.717) is 11.7 Å².